The number of methoxy groups -OCH3 is 4. The molecule has 2 heterocycles. The van der Waals surface area contributed by atoms with Gasteiger partial charge in [0.15, 0.2) is 0 Å². The van der Waals surface area contributed by atoms with Gasteiger partial charge in [0.25, 0.3) is 0 Å². The predicted octanol–water partition coefficient (Wildman–Crippen LogP) is 1.43. The molecule has 6 aliphatic rings. The van der Waals surface area contributed by atoms with Crippen molar-refractivity contribution in [3.63, 3.8) is 0 Å². The van der Waals surface area contributed by atoms with Crippen LogP contribution in [-0.4, -0.2) is 157 Å². The van der Waals surface area contributed by atoms with Gasteiger partial charge in [-0.25, -0.2) is 41.6 Å². The molecule has 5 N–H and O–H groups in total. The van der Waals surface area contributed by atoms with E-state index in [-0.39, 0.29) is 24.4 Å². The molecule has 20 heteroatoms. The Morgan fingerprint density at radius 1 is 0.589 bits per heavy atom. The Labute approximate surface area is 321 Å². The lowest BCUT2D eigenvalue weighted by atomic mass is 9.99. The summed E-state index contributed by atoms with van der Waals surface area (Å²) in [6, 6.07) is 0. The topological polar surface area (TPSA) is 241 Å². The van der Waals surface area contributed by atoms with Crippen LogP contribution in [0.3, 0.4) is 0 Å². The highest BCUT2D eigenvalue weighted by atomic mass is 19.1. The summed E-state index contributed by atoms with van der Waals surface area (Å²) in [7, 11) is 4.50. The van der Waals surface area contributed by atoms with Crippen LogP contribution < -0.4 is 0 Å². The number of halogens is 4. The lowest BCUT2D eigenvalue weighted by Gasteiger charge is -2.18. The summed E-state index contributed by atoms with van der Waals surface area (Å²) in [5, 5.41) is 45.0. The fourth-order valence-electron chi connectivity index (χ4n) is 6.31. The van der Waals surface area contributed by atoms with Crippen LogP contribution in [0.1, 0.15) is 46.5 Å². The molecule has 4 unspecified atom stereocenters. The Bertz CT molecular complexity index is 1250. The number of alkyl halides is 4. The van der Waals surface area contributed by atoms with Crippen molar-refractivity contribution in [2.45, 2.75) is 126 Å². The molecular weight excluding hydrogens is 764 g/mol. The Morgan fingerprint density at radius 2 is 0.875 bits per heavy atom. The summed E-state index contributed by atoms with van der Waals surface area (Å²) in [6.07, 6.45) is -2.87. The summed E-state index contributed by atoms with van der Waals surface area (Å²) < 4.78 is 79.8. The summed E-state index contributed by atoms with van der Waals surface area (Å²) in [5.74, 6) is -6.67. The monoisotopic (exact) mass is 818 g/mol. The van der Waals surface area contributed by atoms with Crippen molar-refractivity contribution in [2.24, 2.45) is 23.7 Å². The van der Waals surface area contributed by atoms with Crippen molar-refractivity contribution in [1.82, 2.24) is 0 Å². The number of carbonyl (C=O) groups is 4. The van der Waals surface area contributed by atoms with E-state index < -0.39 is 102 Å². The summed E-state index contributed by atoms with van der Waals surface area (Å²) in [4.78, 5) is 47.0. The van der Waals surface area contributed by atoms with E-state index in [0.717, 1.165) is 28.4 Å². The van der Waals surface area contributed by atoms with Gasteiger partial charge < -0.3 is 48.8 Å². The first-order valence-electron chi connectivity index (χ1n) is 17.8. The summed E-state index contributed by atoms with van der Waals surface area (Å²) in [5.41, 5.74) is -0.403. The molecule has 0 spiro atoms. The second-order valence-corrected chi connectivity index (χ2v) is 14.6. The quantitative estimate of drug-likeness (QED) is 0.0443. The average molecular weight is 819 g/mol. The van der Waals surface area contributed by atoms with E-state index in [9.17, 15) is 57.2 Å². The van der Waals surface area contributed by atoms with Gasteiger partial charge in [0.05, 0.1) is 94.7 Å². The smallest absolute Gasteiger partial charge is 0.341 e. The number of ether oxygens (including phenoxy) is 6. The fourth-order valence-corrected chi connectivity index (χ4v) is 6.31. The molecule has 4 aliphatic carbocycles. The van der Waals surface area contributed by atoms with Crippen LogP contribution in [0.15, 0.2) is 24.3 Å². The molecule has 56 heavy (non-hydrogen) atoms. The van der Waals surface area contributed by atoms with Crippen LogP contribution in [-0.2, 0) is 52.5 Å². The molecule has 16 nitrogen and oxygen atoms in total. The van der Waals surface area contributed by atoms with Crippen LogP contribution in [0, 0.1) is 23.7 Å². The molecule has 6 rings (SSSR count). The Morgan fingerprint density at radius 3 is 1.07 bits per heavy atom. The second kappa shape index (κ2) is 22.1. The maximum atomic E-state index is 13.3. The third-order valence-electron chi connectivity index (χ3n) is 9.53. The Balaban J connectivity index is 0.000000246. The largest absolute Gasteiger partial charge is 0.467 e. The van der Waals surface area contributed by atoms with Gasteiger partial charge in [0.1, 0.15) is 0 Å². The predicted molar refractivity (Wildman–Crippen MR) is 183 cm³/mol. The van der Waals surface area contributed by atoms with Gasteiger partial charge in [-0.05, 0) is 33.6 Å². The molecule has 0 bridgehead atoms. The molecular formula is C36H54F4O16. The maximum absolute atomic E-state index is 13.3. The third-order valence-corrected chi connectivity index (χ3v) is 9.53. The van der Waals surface area contributed by atoms with Crippen molar-refractivity contribution in [1.29, 1.82) is 0 Å². The van der Waals surface area contributed by atoms with Crippen LogP contribution in [0.2, 0.25) is 0 Å². The van der Waals surface area contributed by atoms with Gasteiger partial charge >= 0.3 is 23.9 Å². The molecule has 2 saturated carbocycles. The zero-order chi connectivity index (χ0) is 42.7. The molecule has 0 radical (unpaired) electrons. The van der Waals surface area contributed by atoms with Gasteiger partial charge in [-0.3, -0.25) is 5.26 Å². The van der Waals surface area contributed by atoms with Crippen LogP contribution in [0.5, 0.6) is 0 Å². The zero-order valence-electron chi connectivity index (χ0n) is 32.1. The molecule has 2 saturated heterocycles. The first-order chi connectivity index (χ1) is 26.2. The number of hydrogen-bond acceptors (Lipinski definition) is 16. The number of aliphatic hydroxyl groups is 4. The minimum atomic E-state index is -1.77. The molecule has 322 valence electrons. The molecule has 2 aliphatic heterocycles. The highest BCUT2D eigenvalue weighted by Gasteiger charge is 2.60. The Hall–Kier alpha value is -3.24. The number of hydrogen-bond donors (Lipinski definition) is 5. The second-order valence-electron chi connectivity index (χ2n) is 14.6. The van der Waals surface area contributed by atoms with E-state index in [0.29, 0.717) is 25.7 Å². The van der Waals surface area contributed by atoms with Gasteiger partial charge in [-0.15, -0.1) is 0 Å². The number of epoxide rings is 2. The molecule has 0 aromatic heterocycles. The summed E-state index contributed by atoms with van der Waals surface area (Å²) >= 11 is 0. The minimum Gasteiger partial charge on any atom is -0.467 e. The molecule has 0 aromatic rings. The zero-order valence-corrected chi connectivity index (χ0v) is 32.1. The van der Waals surface area contributed by atoms with E-state index in [4.69, 9.17) is 14.7 Å². The average Bonchev–Trinajstić information content (AvgIpc) is 3.85. The van der Waals surface area contributed by atoms with E-state index in [1.54, 1.807) is 32.9 Å². The Kier molecular flexibility index (Phi) is 19.3. The summed E-state index contributed by atoms with van der Waals surface area (Å²) in [6.45, 7) is 5.31. The van der Waals surface area contributed by atoms with Crippen molar-refractivity contribution >= 4 is 23.9 Å². The van der Waals surface area contributed by atoms with Crippen molar-refractivity contribution in [3.8, 4) is 0 Å². The van der Waals surface area contributed by atoms with Gasteiger partial charge in [-0.1, -0.05) is 24.3 Å². The van der Waals surface area contributed by atoms with E-state index in [1.165, 1.54) is 12.2 Å². The highest BCUT2D eigenvalue weighted by Crippen LogP contribution is 2.46. The molecule has 16 atom stereocenters. The highest BCUT2D eigenvalue weighted by molar-refractivity contribution is 5.76. The van der Waals surface area contributed by atoms with Gasteiger partial charge in [-0.2, -0.15) is 0 Å². The number of aliphatic hydroxyl groups excluding tert-OH is 4. The molecule has 0 aromatic carbocycles. The SMILES string of the molecule is CC(C)(C)OO.COC(=O)C(F)[C@@H]1C=CC[C@H]1O.COC(=O)C(F)[C@@H]1[C@H]2O[C@H]2C[C@H]1O.COC(=O)C(F)[C@H]1C=CC[C@@H]1O.COC(=O)C(F)[C@H]1[C@@H]2O[C@@H]2C[C@@H]1O. The normalized spacial score (nSPS) is 34.6. The van der Waals surface area contributed by atoms with E-state index in [2.05, 4.69) is 23.8 Å². The number of fused-ring (bicyclic) bond motifs is 2. The first-order valence-corrected chi connectivity index (χ1v) is 17.8. The standard InChI is InChI=1S/2C8H11FO4.2C8H11FO3.C4H10O2/c2*1-12-8(11)6(9)5-3(10)2-4-7(5)13-4;2*1-12-8(11)7(9)5-3-2-4-6(5)10;1-4(2,3)6-5/h2*3-7,10H,2H2,1H3;2*2-3,5-7,10H,4H2,1H3;5H,1-3H3/t2*3-,4+,5-,6?,7+;2*5-,6-,7?;/m1010./s1. The van der Waals surface area contributed by atoms with Crippen LogP contribution >= 0.6 is 0 Å². The van der Waals surface area contributed by atoms with E-state index in [1.807, 2.05) is 0 Å². The lowest BCUT2D eigenvalue weighted by molar-refractivity contribution is -0.306. The first kappa shape index (κ1) is 48.9. The lowest BCUT2D eigenvalue weighted by Crippen LogP contribution is -2.35. The fraction of sp³-hybridized carbons (Fsp3) is 0.778. The molecule has 0 amide bonds. The molecule has 4 fully saturated rings. The van der Waals surface area contributed by atoms with E-state index >= 15 is 0 Å². The van der Waals surface area contributed by atoms with Gasteiger partial charge in [0, 0.05) is 24.7 Å². The number of carbonyl (C=O) groups excluding carboxylic acids is 4. The van der Waals surface area contributed by atoms with Crippen molar-refractivity contribution in [3.05, 3.63) is 24.3 Å². The minimum absolute atomic E-state index is 0.0529. The third kappa shape index (κ3) is 13.7. The van der Waals surface area contributed by atoms with Gasteiger partial charge in [0.2, 0.25) is 24.7 Å². The van der Waals surface area contributed by atoms with Crippen molar-refractivity contribution < 1.29 is 95.7 Å². The van der Waals surface area contributed by atoms with Crippen LogP contribution in [0.4, 0.5) is 17.6 Å². The number of rotatable bonds is 8. The van der Waals surface area contributed by atoms with Crippen LogP contribution in [0.25, 0.3) is 0 Å². The maximum Gasteiger partial charge on any atom is 0.341 e. The van der Waals surface area contributed by atoms with Crippen molar-refractivity contribution in [2.75, 3.05) is 28.4 Å². The number of esters is 4.